The van der Waals surface area contributed by atoms with Gasteiger partial charge in [-0.25, -0.2) is 0 Å². The first-order chi connectivity index (χ1) is 5.16. The van der Waals surface area contributed by atoms with Gasteiger partial charge >= 0.3 is 0 Å². The molecule has 0 saturated carbocycles. The van der Waals surface area contributed by atoms with Crippen LogP contribution in [0.2, 0.25) is 0 Å². The molecule has 0 saturated heterocycles. The molecule has 0 aliphatic carbocycles. The van der Waals surface area contributed by atoms with Crippen molar-refractivity contribution in [2.45, 2.75) is 19.5 Å². The van der Waals surface area contributed by atoms with Gasteiger partial charge in [-0.3, -0.25) is 4.99 Å². The Bertz CT molecular complexity index is 118. The minimum Gasteiger partial charge on any atom is -0.370 e. The molecule has 0 rings (SSSR count). The van der Waals surface area contributed by atoms with E-state index in [0.29, 0.717) is 13.1 Å². The number of hydrogen-bond acceptors (Lipinski definition) is 3. The summed E-state index contributed by atoms with van der Waals surface area (Å²) >= 11 is 0. The Morgan fingerprint density at radius 3 is 2.64 bits per heavy atom. The molecule has 1 unspecified atom stereocenters. The van der Waals surface area contributed by atoms with E-state index in [1.807, 2.05) is 6.92 Å². The van der Waals surface area contributed by atoms with Crippen molar-refractivity contribution < 1.29 is 0 Å². The Morgan fingerprint density at radius 1 is 1.55 bits per heavy atom. The number of nitrogens with zero attached hydrogens (tertiary/aromatic N) is 1. The minimum absolute atomic E-state index is 0.0456. The van der Waals surface area contributed by atoms with Gasteiger partial charge in [0.05, 0.1) is 12.7 Å². The quantitative estimate of drug-likeness (QED) is 0.170. The molecule has 7 N–H and O–H groups in total. The molecule has 0 bridgehead atoms. The van der Waals surface area contributed by atoms with Crippen LogP contribution in [0.15, 0.2) is 4.99 Å². The molecule has 0 amide bonds. The standard InChI is InChI=1S/C6H17N5/c1-2-5(7)10-3-4-11-6(8)9/h5,10H,2-4,7H2,1H3,(H4,8,9,11). The van der Waals surface area contributed by atoms with Gasteiger partial charge in [0.2, 0.25) is 0 Å². The second-order valence-electron chi connectivity index (χ2n) is 2.28. The van der Waals surface area contributed by atoms with E-state index in [4.69, 9.17) is 17.2 Å². The Labute approximate surface area is 67.0 Å². The van der Waals surface area contributed by atoms with E-state index < -0.39 is 0 Å². The van der Waals surface area contributed by atoms with Crippen molar-refractivity contribution in [2.75, 3.05) is 13.1 Å². The van der Waals surface area contributed by atoms with Crippen LogP contribution in [0.5, 0.6) is 0 Å². The fourth-order valence-corrected chi connectivity index (χ4v) is 0.579. The minimum atomic E-state index is 0.0456. The number of nitrogens with two attached hydrogens (primary N) is 3. The summed E-state index contributed by atoms with van der Waals surface area (Å²) in [4.78, 5) is 3.78. The van der Waals surface area contributed by atoms with Crippen LogP contribution < -0.4 is 22.5 Å². The maximum atomic E-state index is 5.57. The van der Waals surface area contributed by atoms with Crippen LogP contribution in [0.3, 0.4) is 0 Å². The van der Waals surface area contributed by atoms with E-state index in [-0.39, 0.29) is 12.1 Å². The lowest BCUT2D eigenvalue weighted by molar-refractivity contribution is 0.521. The first-order valence-corrected chi connectivity index (χ1v) is 3.71. The molecule has 11 heavy (non-hydrogen) atoms. The zero-order valence-electron chi connectivity index (χ0n) is 6.88. The highest BCUT2D eigenvalue weighted by Crippen LogP contribution is 1.78. The first kappa shape index (κ1) is 10.2. The SMILES string of the molecule is CCC(N)NCCN=C(N)N. The van der Waals surface area contributed by atoms with Gasteiger partial charge in [-0.05, 0) is 6.42 Å². The molecule has 0 aromatic heterocycles. The lowest BCUT2D eigenvalue weighted by Gasteiger charge is -2.08. The number of hydrogen-bond donors (Lipinski definition) is 4. The van der Waals surface area contributed by atoms with Gasteiger partial charge in [-0.2, -0.15) is 0 Å². The average Bonchev–Trinajstić information content (AvgIpc) is 1.97. The summed E-state index contributed by atoms with van der Waals surface area (Å²) in [7, 11) is 0. The summed E-state index contributed by atoms with van der Waals surface area (Å²) in [5, 5.41) is 3.05. The molecule has 0 aliphatic heterocycles. The molecule has 0 aliphatic rings. The normalized spacial score (nSPS) is 12.5. The van der Waals surface area contributed by atoms with Crippen molar-refractivity contribution in [3.8, 4) is 0 Å². The third-order valence-corrected chi connectivity index (χ3v) is 1.25. The van der Waals surface area contributed by atoms with Gasteiger partial charge in [0.15, 0.2) is 5.96 Å². The second-order valence-corrected chi connectivity index (χ2v) is 2.28. The summed E-state index contributed by atoms with van der Waals surface area (Å²) in [6.45, 7) is 3.31. The molecule has 0 radical (unpaired) electrons. The van der Waals surface area contributed by atoms with Crippen LogP contribution in [0.4, 0.5) is 0 Å². The van der Waals surface area contributed by atoms with Gasteiger partial charge in [0.1, 0.15) is 0 Å². The molecule has 0 spiro atoms. The highest BCUT2D eigenvalue weighted by molar-refractivity contribution is 5.75. The molecule has 0 aromatic carbocycles. The van der Waals surface area contributed by atoms with Crippen LogP contribution in [-0.2, 0) is 0 Å². The van der Waals surface area contributed by atoms with E-state index in [1.54, 1.807) is 0 Å². The van der Waals surface area contributed by atoms with Crippen molar-refractivity contribution in [1.29, 1.82) is 0 Å². The summed E-state index contributed by atoms with van der Waals surface area (Å²) in [6.07, 6.45) is 0.950. The van der Waals surface area contributed by atoms with Gasteiger partial charge in [-0.1, -0.05) is 6.92 Å². The van der Waals surface area contributed by atoms with Gasteiger partial charge < -0.3 is 22.5 Å². The van der Waals surface area contributed by atoms with Gasteiger partial charge in [-0.15, -0.1) is 0 Å². The zero-order chi connectivity index (χ0) is 8.69. The van der Waals surface area contributed by atoms with Crippen molar-refractivity contribution in [3.05, 3.63) is 0 Å². The molecule has 0 heterocycles. The Hall–Kier alpha value is -0.810. The lowest BCUT2D eigenvalue weighted by atomic mass is 10.4. The number of rotatable bonds is 5. The molecular formula is C6H17N5. The summed E-state index contributed by atoms with van der Waals surface area (Å²) in [5.41, 5.74) is 15.8. The van der Waals surface area contributed by atoms with E-state index in [9.17, 15) is 0 Å². The highest BCUT2D eigenvalue weighted by Gasteiger charge is 1.94. The summed E-state index contributed by atoms with van der Waals surface area (Å²) in [5.74, 6) is 0.122. The topological polar surface area (TPSA) is 102 Å². The summed E-state index contributed by atoms with van der Waals surface area (Å²) < 4.78 is 0. The average molecular weight is 159 g/mol. The van der Waals surface area contributed by atoms with Crippen molar-refractivity contribution in [2.24, 2.45) is 22.2 Å². The first-order valence-electron chi connectivity index (χ1n) is 3.71. The predicted octanol–water partition coefficient (Wildman–Crippen LogP) is -1.46. The fourth-order valence-electron chi connectivity index (χ4n) is 0.579. The zero-order valence-corrected chi connectivity index (χ0v) is 6.88. The smallest absolute Gasteiger partial charge is 0.185 e. The van der Waals surface area contributed by atoms with E-state index in [1.165, 1.54) is 0 Å². The lowest BCUT2D eigenvalue weighted by Crippen LogP contribution is -2.38. The third-order valence-electron chi connectivity index (χ3n) is 1.25. The van der Waals surface area contributed by atoms with Crippen LogP contribution in [0, 0.1) is 0 Å². The molecule has 0 fully saturated rings. The maximum absolute atomic E-state index is 5.57. The molecule has 5 nitrogen and oxygen atoms in total. The number of aliphatic imine (C=N–C) groups is 1. The van der Waals surface area contributed by atoms with Crippen LogP contribution in [-0.4, -0.2) is 25.2 Å². The van der Waals surface area contributed by atoms with E-state index >= 15 is 0 Å². The number of guanidine groups is 1. The fraction of sp³-hybridized carbons (Fsp3) is 0.833. The van der Waals surface area contributed by atoms with Gasteiger partial charge in [0.25, 0.3) is 0 Å². The van der Waals surface area contributed by atoms with Crippen LogP contribution in [0.25, 0.3) is 0 Å². The molecule has 1 atom stereocenters. The third kappa shape index (κ3) is 7.08. The van der Waals surface area contributed by atoms with Gasteiger partial charge in [0, 0.05) is 6.54 Å². The van der Waals surface area contributed by atoms with Crippen molar-refractivity contribution in [1.82, 2.24) is 5.32 Å². The molecule has 0 aromatic rings. The molecular weight excluding hydrogens is 142 g/mol. The highest BCUT2D eigenvalue weighted by atomic mass is 15.0. The van der Waals surface area contributed by atoms with Crippen molar-refractivity contribution in [3.63, 3.8) is 0 Å². The Morgan fingerprint density at radius 2 is 2.18 bits per heavy atom. The monoisotopic (exact) mass is 159 g/mol. The largest absolute Gasteiger partial charge is 0.370 e. The van der Waals surface area contributed by atoms with E-state index in [0.717, 1.165) is 6.42 Å². The summed E-state index contributed by atoms with van der Waals surface area (Å²) in [6, 6.07) is 0. The molecule has 5 heteroatoms. The Balaban J connectivity index is 3.21. The second kappa shape index (κ2) is 5.94. The predicted molar refractivity (Wildman–Crippen MR) is 46.9 cm³/mol. The van der Waals surface area contributed by atoms with Crippen molar-refractivity contribution >= 4 is 5.96 Å². The number of nitrogens with one attached hydrogen (secondary N) is 1. The van der Waals surface area contributed by atoms with E-state index in [2.05, 4.69) is 10.3 Å². The van der Waals surface area contributed by atoms with Crippen LogP contribution in [0.1, 0.15) is 13.3 Å². The molecule has 66 valence electrons. The maximum Gasteiger partial charge on any atom is 0.185 e. The van der Waals surface area contributed by atoms with Crippen LogP contribution >= 0.6 is 0 Å². The Kier molecular flexibility index (Phi) is 5.50.